The van der Waals surface area contributed by atoms with Gasteiger partial charge in [-0.1, -0.05) is 30.2 Å². The number of morpholine rings is 1. The van der Waals surface area contributed by atoms with Gasteiger partial charge in [0.2, 0.25) is 5.91 Å². The van der Waals surface area contributed by atoms with Gasteiger partial charge in [0.25, 0.3) is 5.91 Å². The number of likely N-dealkylation sites (tertiary alicyclic amines) is 1. The van der Waals surface area contributed by atoms with Crippen molar-refractivity contribution in [3.05, 3.63) is 39.5 Å². The number of thiophene rings is 1. The summed E-state index contributed by atoms with van der Waals surface area (Å²) in [7, 11) is 0. The fraction of sp³-hybridized carbons (Fsp3) is 0.520. The molecule has 2 fully saturated rings. The van der Waals surface area contributed by atoms with E-state index in [4.69, 9.17) is 16.3 Å². The minimum atomic E-state index is -0.241. The molecular formula is C25H31ClN4O3S. The van der Waals surface area contributed by atoms with Crippen molar-refractivity contribution in [2.75, 3.05) is 56.2 Å². The van der Waals surface area contributed by atoms with Crippen LogP contribution in [0.5, 0.6) is 0 Å². The van der Waals surface area contributed by atoms with Crippen molar-refractivity contribution in [3.63, 3.8) is 0 Å². The molecule has 0 saturated carbocycles. The summed E-state index contributed by atoms with van der Waals surface area (Å²) < 4.78 is 6.24. The minimum Gasteiger partial charge on any atom is -0.378 e. The van der Waals surface area contributed by atoms with Crippen LogP contribution in [0.25, 0.3) is 0 Å². The van der Waals surface area contributed by atoms with Gasteiger partial charge in [-0.05, 0) is 51.0 Å². The molecule has 0 spiro atoms. The Morgan fingerprint density at radius 2 is 2.00 bits per heavy atom. The number of piperidine rings is 1. The molecule has 4 heterocycles. The summed E-state index contributed by atoms with van der Waals surface area (Å²) in [5.74, 6) is -0.291. The molecule has 1 unspecified atom stereocenters. The SMILES string of the molecule is O=C1Nc2ccccc2N(C(=O)CCCN2CCOCC2CN2CCCCC2)c2c1csc2Cl. The number of carbonyl (C=O) groups is 2. The summed E-state index contributed by atoms with van der Waals surface area (Å²) in [6, 6.07) is 7.77. The number of para-hydroxylation sites is 2. The molecule has 0 bridgehead atoms. The highest BCUT2D eigenvalue weighted by Crippen LogP contribution is 2.45. The van der Waals surface area contributed by atoms with Gasteiger partial charge in [-0.25, -0.2) is 0 Å². The van der Waals surface area contributed by atoms with E-state index in [-0.39, 0.29) is 11.8 Å². The Morgan fingerprint density at radius 1 is 1.18 bits per heavy atom. The number of fused-ring (bicyclic) bond motifs is 2. The van der Waals surface area contributed by atoms with Gasteiger partial charge in [-0.2, -0.15) is 0 Å². The fourth-order valence-corrected chi connectivity index (χ4v) is 6.25. The van der Waals surface area contributed by atoms with Crippen LogP contribution in [0, 0.1) is 0 Å². The quantitative estimate of drug-likeness (QED) is 0.625. The van der Waals surface area contributed by atoms with E-state index in [0.29, 0.717) is 39.4 Å². The fourth-order valence-electron chi connectivity index (χ4n) is 5.18. The molecule has 3 aliphatic rings. The second-order valence-electron chi connectivity index (χ2n) is 9.20. The van der Waals surface area contributed by atoms with Gasteiger partial charge in [0, 0.05) is 30.9 Å². The maximum atomic E-state index is 13.6. The third-order valence-corrected chi connectivity index (χ3v) is 8.14. The standard InChI is InChI=1S/C25H31ClN4O3S/c26-24-23-19(17-34-24)25(32)27-20-7-2-3-8-21(20)30(23)22(31)9-6-12-29-13-14-33-16-18(29)15-28-10-4-1-5-11-28/h2-3,7-8,17-18H,1,4-6,9-16H2,(H,27,32). The van der Waals surface area contributed by atoms with E-state index in [0.717, 1.165) is 39.3 Å². The van der Waals surface area contributed by atoms with Crippen molar-refractivity contribution in [2.24, 2.45) is 0 Å². The van der Waals surface area contributed by atoms with Crippen LogP contribution in [0.1, 0.15) is 42.5 Å². The zero-order valence-electron chi connectivity index (χ0n) is 19.3. The van der Waals surface area contributed by atoms with Crippen LogP contribution in [-0.2, 0) is 9.53 Å². The maximum absolute atomic E-state index is 13.6. The van der Waals surface area contributed by atoms with Gasteiger partial charge in [-0.15, -0.1) is 11.3 Å². The predicted octanol–water partition coefficient (Wildman–Crippen LogP) is 4.60. The molecule has 1 atom stereocenters. The second-order valence-corrected chi connectivity index (χ2v) is 10.7. The Labute approximate surface area is 209 Å². The first-order valence-corrected chi connectivity index (χ1v) is 13.4. The van der Waals surface area contributed by atoms with Crippen LogP contribution >= 0.6 is 22.9 Å². The highest BCUT2D eigenvalue weighted by molar-refractivity contribution is 7.15. The van der Waals surface area contributed by atoms with Crippen molar-refractivity contribution >= 4 is 51.8 Å². The smallest absolute Gasteiger partial charge is 0.258 e. The van der Waals surface area contributed by atoms with E-state index in [1.165, 1.54) is 43.7 Å². The summed E-state index contributed by atoms with van der Waals surface area (Å²) in [5.41, 5.74) is 2.21. The van der Waals surface area contributed by atoms with Gasteiger partial charge in [0.05, 0.1) is 35.8 Å². The number of hydrogen-bond donors (Lipinski definition) is 1. The number of halogens is 1. The van der Waals surface area contributed by atoms with Gasteiger partial charge in [0.1, 0.15) is 4.34 Å². The molecule has 34 heavy (non-hydrogen) atoms. The number of carbonyl (C=O) groups excluding carboxylic acids is 2. The number of nitrogens with one attached hydrogen (secondary N) is 1. The third kappa shape index (κ3) is 5.02. The average molecular weight is 503 g/mol. The topological polar surface area (TPSA) is 65.1 Å². The van der Waals surface area contributed by atoms with E-state index in [1.54, 1.807) is 10.3 Å². The molecule has 182 valence electrons. The highest BCUT2D eigenvalue weighted by atomic mass is 35.5. The molecule has 0 radical (unpaired) electrons. The Kier molecular flexibility index (Phi) is 7.51. The average Bonchev–Trinajstić information content (AvgIpc) is 3.17. The monoisotopic (exact) mass is 502 g/mol. The first-order valence-electron chi connectivity index (χ1n) is 12.2. The highest BCUT2D eigenvalue weighted by Gasteiger charge is 2.33. The Balaban J connectivity index is 1.27. The molecule has 3 aliphatic heterocycles. The lowest BCUT2D eigenvalue weighted by atomic mass is 10.1. The largest absolute Gasteiger partial charge is 0.378 e. The predicted molar refractivity (Wildman–Crippen MR) is 137 cm³/mol. The summed E-state index contributed by atoms with van der Waals surface area (Å²) >= 11 is 7.76. The van der Waals surface area contributed by atoms with Crippen LogP contribution in [0.3, 0.4) is 0 Å². The van der Waals surface area contributed by atoms with E-state index < -0.39 is 0 Å². The van der Waals surface area contributed by atoms with E-state index in [9.17, 15) is 9.59 Å². The van der Waals surface area contributed by atoms with E-state index in [2.05, 4.69) is 15.1 Å². The molecule has 2 amide bonds. The van der Waals surface area contributed by atoms with Crippen molar-refractivity contribution in [3.8, 4) is 0 Å². The number of hydrogen-bond acceptors (Lipinski definition) is 6. The van der Waals surface area contributed by atoms with Crippen LogP contribution in [-0.4, -0.2) is 73.6 Å². The van der Waals surface area contributed by atoms with Crippen LogP contribution < -0.4 is 10.2 Å². The van der Waals surface area contributed by atoms with E-state index >= 15 is 0 Å². The lowest BCUT2D eigenvalue weighted by Gasteiger charge is -2.39. The lowest BCUT2D eigenvalue weighted by molar-refractivity contribution is -0.118. The summed E-state index contributed by atoms with van der Waals surface area (Å²) in [6.45, 7) is 6.64. The third-order valence-electron chi connectivity index (χ3n) is 6.94. The molecule has 2 aromatic rings. The summed E-state index contributed by atoms with van der Waals surface area (Å²) in [5, 5.41) is 4.64. The molecule has 1 aromatic carbocycles. The first kappa shape index (κ1) is 23.8. The number of benzene rings is 1. The first-order chi connectivity index (χ1) is 16.6. The number of anilines is 3. The van der Waals surface area contributed by atoms with Crippen LogP contribution in [0.4, 0.5) is 17.1 Å². The second kappa shape index (κ2) is 10.7. The zero-order chi connectivity index (χ0) is 23.5. The number of rotatable bonds is 6. The Hall–Kier alpha value is -1.97. The van der Waals surface area contributed by atoms with Crippen molar-refractivity contribution < 1.29 is 14.3 Å². The number of nitrogens with zero attached hydrogens (tertiary/aromatic N) is 3. The molecule has 9 heteroatoms. The molecular weight excluding hydrogens is 472 g/mol. The zero-order valence-corrected chi connectivity index (χ0v) is 20.9. The summed E-state index contributed by atoms with van der Waals surface area (Å²) in [6.07, 6.45) is 5.02. The van der Waals surface area contributed by atoms with Crippen LogP contribution in [0.2, 0.25) is 4.34 Å². The van der Waals surface area contributed by atoms with Crippen molar-refractivity contribution in [1.82, 2.24) is 9.80 Å². The van der Waals surface area contributed by atoms with Crippen molar-refractivity contribution in [1.29, 1.82) is 0 Å². The maximum Gasteiger partial charge on any atom is 0.258 e. The molecule has 1 N–H and O–H groups in total. The van der Waals surface area contributed by atoms with Gasteiger partial charge >= 0.3 is 0 Å². The molecule has 2 saturated heterocycles. The van der Waals surface area contributed by atoms with Gasteiger partial charge in [-0.3, -0.25) is 19.4 Å². The molecule has 7 nitrogen and oxygen atoms in total. The van der Waals surface area contributed by atoms with Crippen LogP contribution in [0.15, 0.2) is 29.6 Å². The number of ether oxygens (including phenoxy) is 1. The lowest BCUT2D eigenvalue weighted by Crippen LogP contribution is -2.52. The molecule has 1 aromatic heterocycles. The normalized spacial score (nSPS) is 21.5. The van der Waals surface area contributed by atoms with Gasteiger partial charge < -0.3 is 15.0 Å². The van der Waals surface area contributed by atoms with Gasteiger partial charge in [0.15, 0.2) is 0 Å². The molecule has 5 rings (SSSR count). The van der Waals surface area contributed by atoms with E-state index in [1.807, 2.05) is 24.3 Å². The molecule has 0 aliphatic carbocycles. The number of amides is 2. The Bertz CT molecular complexity index is 1040. The Morgan fingerprint density at radius 3 is 2.85 bits per heavy atom. The minimum absolute atomic E-state index is 0.0497. The summed E-state index contributed by atoms with van der Waals surface area (Å²) in [4.78, 5) is 33.0. The van der Waals surface area contributed by atoms with Crippen molar-refractivity contribution in [2.45, 2.75) is 38.1 Å².